The zero-order valence-electron chi connectivity index (χ0n) is 15.0. The molecule has 2 aromatic rings. The first-order valence-electron chi connectivity index (χ1n) is 8.93. The van der Waals surface area contributed by atoms with Crippen molar-refractivity contribution in [2.75, 3.05) is 18.5 Å². The van der Waals surface area contributed by atoms with Crippen LogP contribution in [-0.2, 0) is 9.53 Å². The highest BCUT2D eigenvalue weighted by atomic mass is 19.1. The Morgan fingerprint density at radius 3 is 2.75 bits per heavy atom. The van der Waals surface area contributed by atoms with Crippen molar-refractivity contribution in [3.8, 4) is 11.1 Å². The van der Waals surface area contributed by atoms with Gasteiger partial charge >= 0.3 is 0 Å². The van der Waals surface area contributed by atoms with Crippen molar-refractivity contribution in [2.24, 2.45) is 0 Å². The third kappa shape index (κ3) is 3.07. The standard InChI is InChI=1S/C21H18F2N2O3/c1-2-9-28-18-7-8-25-19(18)20(26)24-17-6-3-12(10-15(17)21(25)27)14-5-4-13(22)11-16(14)23/h2-6,10-11,18-19H,1,7-9H2,(H,24,26). The van der Waals surface area contributed by atoms with Gasteiger partial charge in [0, 0.05) is 18.2 Å². The molecule has 2 aromatic carbocycles. The second-order valence-corrected chi connectivity index (χ2v) is 6.77. The zero-order valence-corrected chi connectivity index (χ0v) is 15.0. The molecule has 0 spiro atoms. The van der Waals surface area contributed by atoms with Crippen LogP contribution < -0.4 is 5.32 Å². The molecule has 2 aliphatic heterocycles. The fraction of sp³-hybridized carbons (Fsp3) is 0.238. The fourth-order valence-electron chi connectivity index (χ4n) is 3.75. The smallest absolute Gasteiger partial charge is 0.256 e. The molecule has 2 atom stereocenters. The molecule has 2 heterocycles. The molecule has 0 radical (unpaired) electrons. The highest BCUT2D eigenvalue weighted by Crippen LogP contribution is 2.33. The fourth-order valence-corrected chi connectivity index (χ4v) is 3.75. The minimum atomic E-state index is -0.731. The Bertz CT molecular complexity index is 976. The number of carbonyl (C=O) groups excluding carboxylic acids is 2. The number of carbonyl (C=O) groups is 2. The number of amides is 2. The van der Waals surface area contributed by atoms with Gasteiger partial charge in [0.15, 0.2) is 0 Å². The lowest BCUT2D eigenvalue weighted by Crippen LogP contribution is -2.46. The van der Waals surface area contributed by atoms with E-state index in [9.17, 15) is 18.4 Å². The van der Waals surface area contributed by atoms with E-state index in [1.807, 2.05) is 0 Å². The third-order valence-corrected chi connectivity index (χ3v) is 5.05. The van der Waals surface area contributed by atoms with E-state index in [0.29, 0.717) is 24.2 Å². The molecule has 1 fully saturated rings. The maximum atomic E-state index is 14.2. The molecular weight excluding hydrogens is 366 g/mol. The first kappa shape index (κ1) is 18.3. The normalized spacial score (nSPS) is 21.0. The quantitative estimate of drug-likeness (QED) is 0.823. The van der Waals surface area contributed by atoms with Gasteiger partial charge in [-0.05, 0) is 36.2 Å². The van der Waals surface area contributed by atoms with Crippen LogP contribution in [0.1, 0.15) is 16.8 Å². The summed E-state index contributed by atoms with van der Waals surface area (Å²) in [6, 6.07) is 7.22. The molecule has 7 heteroatoms. The second kappa shape index (κ2) is 7.16. The summed E-state index contributed by atoms with van der Waals surface area (Å²) in [6.07, 6.45) is 1.72. The van der Waals surface area contributed by atoms with E-state index in [1.54, 1.807) is 18.2 Å². The van der Waals surface area contributed by atoms with Crippen LogP contribution in [0, 0.1) is 11.6 Å². The Hall–Kier alpha value is -3.06. The van der Waals surface area contributed by atoms with E-state index in [-0.39, 0.29) is 29.5 Å². The van der Waals surface area contributed by atoms with Crippen molar-refractivity contribution >= 4 is 17.5 Å². The van der Waals surface area contributed by atoms with Crippen LogP contribution in [0.4, 0.5) is 14.5 Å². The van der Waals surface area contributed by atoms with Gasteiger partial charge in [0.1, 0.15) is 17.7 Å². The van der Waals surface area contributed by atoms with Crippen molar-refractivity contribution in [3.05, 3.63) is 66.3 Å². The van der Waals surface area contributed by atoms with Crippen molar-refractivity contribution in [1.82, 2.24) is 4.90 Å². The van der Waals surface area contributed by atoms with Crippen LogP contribution in [0.25, 0.3) is 11.1 Å². The maximum Gasteiger partial charge on any atom is 0.256 e. The molecule has 1 saturated heterocycles. The largest absolute Gasteiger partial charge is 0.371 e. The third-order valence-electron chi connectivity index (χ3n) is 5.05. The molecule has 0 saturated carbocycles. The highest BCUT2D eigenvalue weighted by Gasteiger charge is 2.45. The summed E-state index contributed by atoms with van der Waals surface area (Å²) in [6.45, 7) is 4.27. The van der Waals surface area contributed by atoms with E-state index < -0.39 is 23.8 Å². The molecule has 2 aliphatic rings. The summed E-state index contributed by atoms with van der Waals surface area (Å²) in [5.41, 5.74) is 1.23. The van der Waals surface area contributed by atoms with Crippen molar-refractivity contribution in [3.63, 3.8) is 0 Å². The second-order valence-electron chi connectivity index (χ2n) is 6.77. The Kier molecular flexibility index (Phi) is 4.68. The lowest BCUT2D eigenvalue weighted by molar-refractivity contribution is -0.122. The van der Waals surface area contributed by atoms with Gasteiger partial charge in [-0.1, -0.05) is 12.1 Å². The minimum absolute atomic E-state index is 0.178. The monoisotopic (exact) mass is 384 g/mol. The van der Waals surface area contributed by atoms with Crippen LogP contribution in [0.5, 0.6) is 0 Å². The minimum Gasteiger partial charge on any atom is -0.371 e. The molecule has 28 heavy (non-hydrogen) atoms. The van der Waals surface area contributed by atoms with Gasteiger partial charge in [0.05, 0.1) is 24.0 Å². The molecule has 1 N–H and O–H groups in total. The number of fused-ring (bicyclic) bond motifs is 2. The Balaban J connectivity index is 1.71. The molecule has 0 aromatic heterocycles. The van der Waals surface area contributed by atoms with Gasteiger partial charge in [-0.25, -0.2) is 8.78 Å². The molecule has 2 amide bonds. The van der Waals surface area contributed by atoms with Crippen molar-refractivity contribution < 1.29 is 23.1 Å². The van der Waals surface area contributed by atoms with Crippen LogP contribution in [0.2, 0.25) is 0 Å². The first-order valence-corrected chi connectivity index (χ1v) is 8.93. The number of hydrogen-bond donors (Lipinski definition) is 1. The number of anilines is 1. The topological polar surface area (TPSA) is 58.6 Å². The number of nitrogens with zero attached hydrogens (tertiary/aromatic N) is 1. The Labute approximate surface area is 160 Å². The number of hydrogen-bond acceptors (Lipinski definition) is 3. The lowest BCUT2D eigenvalue weighted by atomic mass is 10.0. The summed E-state index contributed by atoms with van der Waals surface area (Å²) in [5.74, 6) is -2.04. The molecular formula is C21H18F2N2O3. The molecule has 144 valence electrons. The van der Waals surface area contributed by atoms with E-state index in [4.69, 9.17) is 4.74 Å². The van der Waals surface area contributed by atoms with Crippen LogP contribution >= 0.6 is 0 Å². The number of nitrogens with one attached hydrogen (secondary N) is 1. The average Bonchev–Trinajstić information content (AvgIpc) is 3.06. The summed E-state index contributed by atoms with van der Waals surface area (Å²) in [7, 11) is 0. The van der Waals surface area contributed by atoms with E-state index in [0.717, 1.165) is 12.1 Å². The molecule has 0 aliphatic carbocycles. The van der Waals surface area contributed by atoms with E-state index >= 15 is 0 Å². The predicted molar refractivity (Wildman–Crippen MR) is 99.8 cm³/mol. The number of ether oxygens (including phenoxy) is 1. The van der Waals surface area contributed by atoms with Gasteiger partial charge in [0.2, 0.25) is 5.91 Å². The van der Waals surface area contributed by atoms with E-state index in [2.05, 4.69) is 11.9 Å². The van der Waals surface area contributed by atoms with Crippen molar-refractivity contribution in [1.29, 1.82) is 0 Å². The van der Waals surface area contributed by atoms with E-state index in [1.165, 1.54) is 17.0 Å². The number of benzene rings is 2. The maximum absolute atomic E-state index is 14.2. The number of rotatable bonds is 4. The lowest BCUT2D eigenvalue weighted by Gasteiger charge is -2.24. The highest BCUT2D eigenvalue weighted by molar-refractivity contribution is 6.11. The van der Waals surface area contributed by atoms with Crippen LogP contribution in [-0.4, -0.2) is 42.0 Å². The predicted octanol–water partition coefficient (Wildman–Crippen LogP) is 3.37. The van der Waals surface area contributed by atoms with Gasteiger partial charge in [-0.3, -0.25) is 9.59 Å². The molecule has 4 rings (SSSR count). The molecule has 2 unspecified atom stereocenters. The first-order chi connectivity index (χ1) is 13.5. The molecule has 0 bridgehead atoms. The average molecular weight is 384 g/mol. The van der Waals surface area contributed by atoms with Gasteiger partial charge in [-0.15, -0.1) is 6.58 Å². The summed E-state index contributed by atoms with van der Waals surface area (Å²) >= 11 is 0. The van der Waals surface area contributed by atoms with Gasteiger partial charge in [0.25, 0.3) is 5.91 Å². The SMILES string of the molecule is C=CCOC1CCN2C(=O)c3cc(-c4ccc(F)cc4F)ccc3NC(=O)C12. The van der Waals surface area contributed by atoms with Gasteiger partial charge < -0.3 is 15.0 Å². The van der Waals surface area contributed by atoms with Crippen molar-refractivity contribution in [2.45, 2.75) is 18.6 Å². The zero-order chi connectivity index (χ0) is 19.8. The summed E-state index contributed by atoms with van der Waals surface area (Å²) in [5, 5.41) is 2.77. The summed E-state index contributed by atoms with van der Waals surface area (Å²) < 4.78 is 33.0. The molecule has 5 nitrogen and oxygen atoms in total. The Morgan fingerprint density at radius 1 is 1.18 bits per heavy atom. The van der Waals surface area contributed by atoms with Gasteiger partial charge in [-0.2, -0.15) is 0 Å². The van der Waals surface area contributed by atoms with Crippen LogP contribution in [0.15, 0.2) is 49.1 Å². The van der Waals surface area contributed by atoms with Crippen LogP contribution in [0.3, 0.4) is 0 Å². The number of halogens is 2. The summed E-state index contributed by atoms with van der Waals surface area (Å²) in [4.78, 5) is 27.3. The Morgan fingerprint density at radius 2 is 2.00 bits per heavy atom.